The Morgan fingerprint density at radius 1 is 1.21 bits per heavy atom. The zero-order chi connectivity index (χ0) is 31.0. The number of methoxy groups -OCH3 is 1. The van der Waals surface area contributed by atoms with E-state index in [4.69, 9.17) is 30.5 Å². The Morgan fingerprint density at radius 3 is 2.58 bits per heavy atom. The smallest absolute Gasteiger partial charge is 0.319 e. The average molecular weight is 613 g/mol. The van der Waals surface area contributed by atoms with Crippen LogP contribution in [0.3, 0.4) is 0 Å². The van der Waals surface area contributed by atoms with E-state index < -0.39 is 0 Å². The summed E-state index contributed by atoms with van der Waals surface area (Å²) in [5.41, 5.74) is 1.36. The van der Waals surface area contributed by atoms with Crippen LogP contribution in [0.1, 0.15) is 46.5 Å². The zero-order valence-corrected chi connectivity index (χ0v) is 26.1. The van der Waals surface area contributed by atoms with Gasteiger partial charge in [0.15, 0.2) is 11.5 Å². The van der Waals surface area contributed by atoms with E-state index in [2.05, 4.69) is 22.2 Å². The molecule has 10 nitrogen and oxygen atoms in total. The standard InChI is InChI=1S/C32H41ClN4O6/c1-6-25(36-31(39)35-21(2)3)24(33)16-22(4)43-27-9-12-34-26-18-29(28(40-5)17-23(26)27)42-15-7-8-30(38)37-13-10-32(11-14-37)19-41-20-32/h6,9,12,16-18,21H,4,7-8,10-11,13-15,19-20H2,1-3,5H3,(H2,35,36,39)/b24-16+,25-6+. The number of hydrogen-bond acceptors (Lipinski definition) is 7. The summed E-state index contributed by atoms with van der Waals surface area (Å²) >= 11 is 6.45. The lowest BCUT2D eigenvalue weighted by Crippen LogP contribution is -2.52. The van der Waals surface area contributed by atoms with Crippen LogP contribution in [0.25, 0.3) is 10.9 Å². The predicted molar refractivity (Wildman–Crippen MR) is 166 cm³/mol. The Hall–Kier alpha value is -3.76. The zero-order valence-electron chi connectivity index (χ0n) is 25.3. The largest absolute Gasteiger partial charge is 0.493 e. The summed E-state index contributed by atoms with van der Waals surface area (Å²) in [6, 6.07) is 4.91. The normalized spacial score (nSPS) is 16.6. The number of amides is 3. The Labute approximate surface area is 258 Å². The first-order valence-electron chi connectivity index (χ1n) is 14.6. The van der Waals surface area contributed by atoms with E-state index in [-0.39, 0.29) is 28.8 Å². The maximum Gasteiger partial charge on any atom is 0.319 e. The first-order valence-corrected chi connectivity index (χ1v) is 14.9. The van der Waals surface area contributed by atoms with Gasteiger partial charge >= 0.3 is 6.03 Å². The molecule has 0 saturated carbocycles. The number of rotatable bonds is 12. The Kier molecular flexibility index (Phi) is 10.9. The fourth-order valence-electron chi connectivity index (χ4n) is 5.04. The molecule has 2 aliphatic rings. The molecule has 0 aliphatic carbocycles. The van der Waals surface area contributed by atoms with Crippen LogP contribution in [0.2, 0.25) is 0 Å². The molecule has 4 rings (SSSR count). The number of allylic oxidation sites excluding steroid dienone is 3. The van der Waals surface area contributed by atoms with Crippen molar-refractivity contribution in [1.29, 1.82) is 0 Å². The Bertz CT molecular complexity index is 1390. The van der Waals surface area contributed by atoms with Crippen molar-refractivity contribution in [2.75, 3.05) is 40.0 Å². The van der Waals surface area contributed by atoms with Crippen molar-refractivity contribution in [1.82, 2.24) is 20.5 Å². The van der Waals surface area contributed by atoms with E-state index in [0.29, 0.717) is 58.7 Å². The second-order valence-corrected chi connectivity index (χ2v) is 11.6. The molecule has 2 aromatic rings. The molecule has 0 atom stereocenters. The van der Waals surface area contributed by atoms with Crippen LogP contribution in [0.4, 0.5) is 4.79 Å². The summed E-state index contributed by atoms with van der Waals surface area (Å²) in [5, 5.41) is 6.41. The molecule has 1 aromatic heterocycles. The average Bonchev–Trinajstić information content (AvgIpc) is 2.96. The van der Waals surface area contributed by atoms with Gasteiger partial charge in [0.25, 0.3) is 0 Å². The maximum atomic E-state index is 12.7. The first kappa shape index (κ1) is 32.2. The van der Waals surface area contributed by atoms with Crippen molar-refractivity contribution in [3.8, 4) is 17.2 Å². The minimum Gasteiger partial charge on any atom is -0.493 e. The van der Waals surface area contributed by atoms with Crippen LogP contribution in [0.5, 0.6) is 17.2 Å². The third-order valence-corrected chi connectivity index (χ3v) is 7.83. The van der Waals surface area contributed by atoms with Gasteiger partial charge in [-0.1, -0.05) is 24.3 Å². The molecule has 3 heterocycles. The van der Waals surface area contributed by atoms with Crippen LogP contribution in [-0.2, 0) is 9.53 Å². The second kappa shape index (κ2) is 14.6. The Balaban J connectivity index is 1.35. The van der Waals surface area contributed by atoms with Gasteiger partial charge in [0.2, 0.25) is 5.91 Å². The lowest BCUT2D eigenvalue weighted by atomic mass is 9.77. The van der Waals surface area contributed by atoms with Crippen LogP contribution < -0.4 is 24.8 Å². The SMILES string of the molecule is C=C(/C=C(Cl)\C(=C/C)NC(=O)NC(C)C)Oc1ccnc2cc(OCCCC(=O)N3CCC4(CC3)COC4)c(OC)cc12. The number of urea groups is 1. The number of pyridine rings is 1. The second-order valence-electron chi connectivity index (χ2n) is 11.2. The number of aromatic nitrogens is 1. The number of piperidine rings is 1. The van der Waals surface area contributed by atoms with Crippen molar-refractivity contribution >= 4 is 34.4 Å². The van der Waals surface area contributed by atoms with Gasteiger partial charge in [-0.2, -0.15) is 0 Å². The number of benzene rings is 1. The van der Waals surface area contributed by atoms with Gasteiger partial charge in [-0.15, -0.1) is 0 Å². The molecule has 0 bridgehead atoms. The monoisotopic (exact) mass is 612 g/mol. The molecule has 2 fully saturated rings. The van der Waals surface area contributed by atoms with Crippen LogP contribution in [0.15, 0.2) is 59.6 Å². The van der Waals surface area contributed by atoms with Crippen LogP contribution in [0, 0.1) is 5.41 Å². The minimum absolute atomic E-state index is 0.0215. The van der Waals surface area contributed by atoms with Crippen molar-refractivity contribution < 1.29 is 28.5 Å². The number of nitrogens with zero attached hydrogens (tertiary/aromatic N) is 2. The summed E-state index contributed by atoms with van der Waals surface area (Å²) < 4.78 is 23.0. The summed E-state index contributed by atoms with van der Waals surface area (Å²) in [7, 11) is 1.56. The van der Waals surface area contributed by atoms with Gasteiger partial charge in [0.05, 0.1) is 43.2 Å². The van der Waals surface area contributed by atoms with Crippen molar-refractivity contribution in [2.45, 2.75) is 52.5 Å². The van der Waals surface area contributed by atoms with Crippen LogP contribution in [-0.4, -0.2) is 67.9 Å². The molecule has 11 heteroatoms. The van der Waals surface area contributed by atoms with E-state index in [1.807, 2.05) is 18.7 Å². The number of hydrogen-bond donors (Lipinski definition) is 2. The molecule has 43 heavy (non-hydrogen) atoms. The highest BCUT2D eigenvalue weighted by Gasteiger charge is 2.41. The molecule has 3 amide bonds. The third-order valence-electron chi connectivity index (χ3n) is 7.52. The van der Waals surface area contributed by atoms with E-state index >= 15 is 0 Å². The number of carbonyl (C=O) groups excluding carboxylic acids is 2. The van der Waals surface area contributed by atoms with Gasteiger partial charge in [-0.3, -0.25) is 9.78 Å². The van der Waals surface area contributed by atoms with E-state index in [0.717, 1.165) is 39.1 Å². The highest BCUT2D eigenvalue weighted by molar-refractivity contribution is 6.32. The molecule has 1 spiro atoms. The number of likely N-dealkylation sites (tertiary alicyclic amines) is 1. The third kappa shape index (κ3) is 8.42. The van der Waals surface area contributed by atoms with E-state index in [9.17, 15) is 9.59 Å². The molecule has 2 N–H and O–H groups in total. The number of halogens is 1. The maximum absolute atomic E-state index is 12.7. The molecule has 232 valence electrons. The molecular weight excluding hydrogens is 572 g/mol. The highest BCUT2D eigenvalue weighted by atomic mass is 35.5. The van der Waals surface area contributed by atoms with Crippen molar-refractivity contribution in [3.05, 3.63) is 59.6 Å². The molecule has 2 aliphatic heterocycles. The number of carbonyl (C=O) groups is 2. The van der Waals surface area contributed by atoms with Crippen molar-refractivity contribution in [2.24, 2.45) is 5.41 Å². The van der Waals surface area contributed by atoms with E-state index in [1.54, 1.807) is 44.5 Å². The lowest BCUT2D eigenvalue weighted by molar-refractivity contribution is -0.153. The van der Waals surface area contributed by atoms with Crippen LogP contribution >= 0.6 is 11.6 Å². The molecule has 0 unspecified atom stereocenters. The van der Waals surface area contributed by atoms with Gasteiger partial charge in [-0.25, -0.2) is 4.79 Å². The number of ether oxygens (including phenoxy) is 4. The molecular formula is C32H41ClN4O6. The molecule has 0 radical (unpaired) electrons. The first-order chi connectivity index (χ1) is 20.6. The van der Waals surface area contributed by atoms with E-state index in [1.165, 1.54) is 6.08 Å². The highest BCUT2D eigenvalue weighted by Crippen LogP contribution is 2.39. The quantitative estimate of drug-likeness (QED) is 0.181. The minimum atomic E-state index is -0.363. The van der Waals surface area contributed by atoms with Crippen molar-refractivity contribution in [3.63, 3.8) is 0 Å². The lowest BCUT2D eigenvalue weighted by Gasteiger charge is -2.47. The van der Waals surface area contributed by atoms with Gasteiger partial charge < -0.3 is 34.5 Å². The molecule has 2 saturated heterocycles. The molecule has 1 aromatic carbocycles. The topological polar surface area (TPSA) is 111 Å². The summed E-state index contributed by atoms with van der Waals surface area (Å²) in [4.78, 5) is 31.2. The predicted octanol–water partition coefficient (Wildman–Crippen LogP) is 5.67. The summed E-state index contributed by atoms with van der Waals surface area (Å²) in [6.07, 6.45) is 7.90. The fourth-order valence-corrected chi connectivity index (χ4v) is 5.32. The van der Waals surface area contributed by atoms with Gasteiger partial charge in [0, 0.05) is 54.7 Å². The Morgan fingerprint density at radius 2 is 1.95 bits per heavy atom. The fraction of sp³-hybridized carbons (Fsp3) is 0.469. The number of nitrogens with one attached hydrogen (secondary N) is 2. The van der Waals surface area contributed by atoms with Gasteiger partial charge in [0.1, 0.15) is 11.5 Å². The summed E-state index contributed by atoms with van der Waals surface area (Å²) in [6.45, 7) is 13.1. The number of fused-ring (bicyclic) bond motifs is 1. The summed E-state index contributed by atoms with van der Waals surface area (Å²) in [5.74, 6) is 1.96. The van der Waals surface area contributed by atoms with Gasteiger partial charge in [-0.05, 0) is 52.2 Å².